The van der Waals surface area contributed by atoms with Crippen molar-refractivity contribution in [2.45, 2.75) is 63.6 Å². The lowest BCUT2D eigenvalue weighted by molar-refractivity contribution is -0.141. The van der Waals surface area contributed by atoms with Crippen LogP contribution in [0.5, 0.6) is 11.5 Å². The highest BCUT2D eigenvalue weighted by Gasteiger charge is 2.32. The Balaban J connectivity index is 1.39. The first-order valence-electron chi connectivity index (χ1n) is 15.0. The first kappa shape index (κ1) is 32.9. The molecule has 1 heterocycles. The highest BCUT2D eigenvalue weighted by Crippen LogP contribution is 2.36. The fourth-order valence-electron chi connectivity index (χ4n) is 5.80. The number of nitrogens with one attached hydrogen (secondary N) is 1. The number of ether oxygens (including phenoxy) is 2. The molecule has 0 spiro atoms. The SMILES string of the molecule is CS(=O)(=O)N(CCCC(=O)N(Cc1ccc(Cl)c(Cl)c1)C(Cc1ccccc1)C(=O)NC1CCCC1)c1ccc2c(c1)OCO2. The van der Waals surface area contributed by atoms with Crippen molar-refractivity contribution in [3.63, 3.8) is 0 Å². The number of rotatable bonds is 13. The number of nitrogens with zero attached hydrogens (tertiary/aromatic N) is 2. The Morgan fingerprint density at radius 1 is 0.933 bits per heavy atom. The van der Waals surface area contributed by atoms with Gasteiger partial charge in [-0.3, -0.25) is 13.9 Å². The average molecular weight is 675 g/mol. The molecule has 0 aromatic heterocycles. The molecule has 3 aromatic carbocycles. The van der Waals surface area contributed by atoms with Gasteiger partial charge >= 0.3 is 0 Å². The van der Waals surface area contributed by atoms with Crippen molar-refractivity contribution in [3.05, 3.63) is 87.9 Å². The van der Waals surface area contributed by atoms with Gasteiger partial charge in [-0.15, -0.1) is 0 Å². The summed E-state index contributed by atoms with van der Waals surface area (Å²) >= 11 is 12.5. The van der Waals surface area contributed by atoms with Crippen LogP contribution in [0.15, 0.2) is 66.7 Å². The second-order valence-corrected chi connectivity index (χ2v) is 14.2. The highest BCUT2D eigenvalue weighted by atomic mass is 35.5. The molecule has 1 aliphatic carbocycles. The molecule has 1 saturated carbocycles. The molecule has 2 aliphatic rings. The molecule has 0 radical (unpaired) electrons. The van der Waals surface area contributed by atoms with Crippen molar-refractivity contribution >= 4 is 50.7 Å². The predicted molar refractivity (Wildman–Crippen MR) is 175 cm³/mol. The fraction of sp³-hybridized carbons (Fsp3) is 0.394. The largest absolute Gasteiger partial charge is 0.454 e. The van der Waals surface area contributed by atoms with Gasteiger partial charge in [0.15, 0.2) is 11.5 Å². The van der Waals surface area contributed by atoms with Gasteiger partial charge in [0.25, 0.3) is 0 Å². The Kier molecular flexibility index (Phi) is 10.8. The number of sulfonamides is 1. The van der Waals surface area contributed by atoms with Gasteiger partial charge in [0.2, 0.25) is 28.6 Å². The van der Waals surface area contributed by atoms with Crippen LogP contribution < -0.4 is 19.1 Å². The summed E-state index contributed by atoms with van der Waals surface area (Å²) in [4.78, 5) is 29.6. The Morgan fingerprint density at radius 2 is 1.67 bits per heavy atom. The number of hydrogen-bond donors (Lipinski definition) is 1. The van der Waals surface area contributed by atoms with Crippen LogP contribution in [-0.2, 0) is 32.6 Å². The van der Waals surface area contributed by atoms with Crippen molar-refractivity contribution < 1.29 is 27.5 Å². The van der Waals surface area contributed by atoms with Crippen molar-refractivity contribution in [3.8, 4) is 11.5 Å². The zero-order valence-electron chi connectivity index (χ0n) is 25.1. The van der Waals surface area contributed by atoms with Gasteiger partial charge in [0.1, 0.15) is 6.04 Å². The van der Waals surface area contributed by atoms with Gasteiger partial charge in [-0.25, -0.2) is 8.42 Å². The number of benzene rings is 3. The van der Waals surface area contributed by atoms with E-state index in [4.69, 9.17) is 32.7 Å². The third kappa shape index (κ3) is 8.62. The molecule has 5 rings (SSSR count). The van der Waals surface area contributed by atoms with E-state index in [0.717, 1.165) is 43.1 Å². The quantitative estimate of drug-likeness (QED) is 0.240. The molecule has 9 nitrogen and oxygen atoms in total. The molecule has 1 N–H and O–H groups in total. The second kappa shape index (κ2) is 14.7. The monoisotopic (exact) mass is 673 g/mol. The van der Waals surface area contributed by atoms with E-state index in [1.54, 1.807) is 41.3 Å². The maximum absolute atomic E-state index is 14.1. The molecule has 2 amide bonds. The summed E-state index contributed by atoms with van der Waals surface area (Å²) in [5.41, 5.74) is 2.06. The number of hydrogen-bond acceptors (Lipinski definition) is 6. The maximum Gasteiger partial charge on any atom is 0.243 e. The van der Waals surface area contributed by atoms with Gasteiger partial charge in [-0.2, -0.15) is 0 Å². The number of carbonyl (C=O) groups is 2. The van der Waals surface area contributed by atoms with Crippen LogP contribution in [0.4, 0.5) is 5.69 Å². The van der Waals surface area contributed by atoms with E-state index in [2.05, 4.69) is 5.32 Å². The number of anilines is 1. The van der Waals surface area contributed by atoms with Gasteiger partial charge in [-0.1, -0.05) is 72.4 Å². The Bertz CT molecular complexity index is 1620. The Morgan fingerprint density at radius 3 is 2.38 bits per heavy atom. The summed E-state index contributed by atoms with van der Waals surface area (Å²) in [7, 11) is -3.67. The fourth-order valence-corrected chi connectivity index (χ4v) is 7.08. The molecular formula is C33H37Cl2N3O6S. The zero-order valence-corrected chi connectivity index (χ0v) is 27.4. The lowest BCUT2D eigenvalue weighted by atomic mass is 10.0. The van der Waals surface area contributed by atoms with E-state index in [0.29, 0.717) is 33.7 Å². The second-order valence-electron chi connectivity index (χ2n) is 11.4. The molecule has 1 unspecified atom stereocenters. The first-order chi connectivity index (χ1) is 21.6. The Labute approximate surface area is 274 Å². The summed E-state index contributed by atoms with van der Waals surface area (Å²) < 4.78 is 37.6. The van der Waals surface area contributed by atoms with Gasteiger partial charge in [0.05, 0.1) is 22.0 Å². The third-order valence-electron chi connectivity index (χ3n) is 8.11. The molecule has 1 atom stereocenters. The standard InChI is InChI=1S/C33H37Cl2N3O6S/c1-45(41,42)38(26-14-16-30-31(20-26)44-22-43-30)17-7-12-32(39)37(21-24-13-15-27(34)28(35)18-24)29(19-23-8-3-2-4-9-23)33(40)36-25-10-5-6-11-25/h2-4,8-9,13-16,18,20,25,29H,5-7,10-12,17,19,21-22H2,1H3,(H,36,40). The Hall–Kier alpha value is -3.47. The zero-order chi connectivity index (χ0) is 32.0. The summed E-state index contributed by atoms with van der Waals surface area (Å²) in [5.74, 6) is 0.516. The number of fused-ring (bicyclic) bond motifs is 1. The lowest BCUT2D eigenvalue weighted by Crippen LogP contribution is -2.52. The minimum absolute atomic E-state index is 0.0138. The van der Waals surface area contributed by atoms with E-state index in [-0.39, 0.29) is 50.6 Å². The van der Waals surface area contributed by atoms with E-state index >= 15 is 0 Å². The predicted octanol–water partition coefficient (Wildman–Crippen LogP) is 5.97. The topological polar surface area (TPSA) is 105 Å². The lowest BCUT2D eigenvalue weighted by Gasteiger charge is -2.33. The van der Waals surface area contributed by atoms with Crippen molar-refractivity contribution in [2.75, 3.05) is 23.9 Å². The summed E-state index contributed by atoms with van der Waals surface area (Å²) in [6.07, 6.45) is 5.61. The average Bonchev–Trinajstić information content (AvgIpc) is 3.70. The number of amides is 2. The van der Waals surface area contributed by atoms with E-state index < -0.39 is 16.1 Å². The van der Waals surface area contributed by atoms with Crippen molar-refractivity contribution in [1.29, 1.82) is 0 Å². The summed E-state index contributed by atoms with van der Waals surface area (Å²) in [5, 5.41) is 3.93. The van der Waals surface area contributed by atoms with Crippen LogP contribution in [0.25, 0.3) is 0 Å². The van der Waals surface area contributed by atoms with Crippen LogP contribution in [-0.4, -0.2) is 56.8 Å². The molecular weight excluding hydrogens is 637 g/mol. The van der Waals surface area contributed by atoms with Crippen LogP contribution in [0.3, 0.4) is 0 Å². The first-order valence-corrected chi connectivity index (χ1v) is 17.6. The summed E-state index contributed by atoms with van der Waals surface area (Å²) in [6, 6.07) is 18.9. The minimum atomic E-state index is -3.67. The van der Waals surface area contributed by atoms with E-state index in [1.165, 1.54) is 4.31 Å². The third-order valence-corrected chi connectivity index (χ3v) is 10.0. The molecule has 1 fully saturated rings. The summed E-state index contributed by atoms with van der Waals surface area (Å²) in [6.45, 7) is 0.255. The smallest absolute Gasteiger partial charge is 0.243 e. The van der Waals surface area contributed by atoms with Gasteiger partial charge in [0, 0.05) is 38.0 Å². The van der Waals surface area contributed by atoms with E-state index in [1.807, 2.05) is 30.3 Å². The molecule has 3 aromatic rings. The van der Waals surface area contributed by atoms with Crippen LogP contribution >= 0.6 is 23.2 Å². The van der Waals surface area contributed by atoms with Crippen LogP contribution in [0, 0.1) is 0 Å². The van der Waals surface area contributed by atoms with Crippen molar-refractivity contribution in [2.24, 2.45) is 0 Å². The maximum atomic E-state index is 14.1. The normalized spacial score (nSPS) is 15.1. The molecule has 1 aliphatic heterocycles. The molecule has 0 saturated heterocycles. The van der Waals surface area contributed by atoms with Crippen LogP contribution in [0.1, 0.15) is 49.7 Å². The van der Waals surface area contributed by atoms with Gasteiger partial charge in [-0.05, 0) is 54.7 Å². The minimum Gasteiger partial charge on any atom is -0.454 e. The van der Waals surface area contributed by atoms with E-state index in [9.17, 15) is 18.0 Å². The molecule has 45 heavy (non-hydrogen) atoms. The molecule has 240 valence electrons. The number of halogens is 2. The van der Waals surface area contributed by atoms with Crippen molar-refractivity contribution in [1.82, 2.24) is 10.2 Å². The van der Waals surface area contributed by atoms with Gasteiger partial charge < -0.3 is 19.7 Å². The highest BCUT2D eigenvalue weighted by molar-refractivity contribution is 7.92. The number of carbonyl (C=O) groups excluding carboxylic acids is 2. The molecule has 12 heteroatoms. The molecule has 0 bridgehead atoms. The van der Waals surface area contributed by atoms with Crippen LogP contribution in [0.2, 0.25) is 10.0 Å².